The number of hydrogen-bond donors (Lipinski definition) is 1. The summed E-state index contributed by atoms with van der Waals surface area (Å²) in [4.78, 5) is 0.0570. The Bertz CT molecular complexity index is 447. The summed E-state index contributed by atoms with van der Waals surface area (Å²) in [6.07, 6.45) is 1.36. The molecule has 0 bridgehead atoms. The summed E-state index contributed by atoms with van der Waals surface area (Å²) < 4.78 is 38.5. The highest BCUT2D eigenvalue weighted by molar-refractivity contribution is 7.89. The highest BCUT2D eigenvalue weighted by Gasteiger charge is 2.13. The van der Waals surface area contributed by atoms with Gasteiger partial charge < -0.3 is 0 Å². The van der Waals surface area contributed by atoms with Gasteiger partial charge in [-0.05, 0) is 37.1 Å². The molecule has 3 nitrogen and oxygen atoms in total. The van der Waals surface area contributed by atoms with Crippen LogP contribution in [-0.4, -0.2) is 20.3 Å². The second kappa shape index (κ2) is 6.33. The fourth-order valence-corrected chi connectivity index (χ4v) is 2.41. The van der Waals surface area contributed by atoms with Crippen LogP contribution in [0.1, 0.15) is 19.8 Å². The largest absolute Gasteiger partial charge is 0.240 e. The van der Waals surface area contributed by atoms with Crippen LogP contribution in [0.15, 0.2) is 29.2 Å². The molecule has 17 heavy (non-hydrogen) atoms. The lowest BCUT2D eigenvalue weighted by Crippen LogP contribution is -2.26. The van der Waals surface area contributed by atoms with E-state index in [4.69, 9.17) is 11.6 Å². The molecule has 1 rings (SSSR count). The standard InChI is InChI=1S/C11H15ClFNO2S/c1-2-9(12)7-8-14-17(15,16)11-5-3-10(13)4-6-11/h3-6,9,14H,2,7-8H2,1H3. The van der Waals surface area contributed by atoms with Crippen LogP contribution >= 0.6 is 11.6 Å². The second-order valence-corrected chi connectivity index (χ2v) is 6.03. The molecule has 0 aliphatic heterocycles. The zero-order valence-corrected chi connectivity index (χ0v) is 11.1. The van der Waals surface area contributed by atoms with Gasteiger partial charge in [0.25, 0.3) is 0 Å². The van der Waals surface area contributed by atoms with Gasteiger partial charge in [0.2, 0.25) is 10.0 Å². The summed E-state index contributed by atoms with van der Waals surface area (Å²) >= 11 is 5.88. The molecule has 0 saturated carbocycles. The zero-order chi connectivity index (χ0) is 12.9. The highest BCUT2D eigenvalue weighted by Crippen LogP contribution is 2.10. The Morgan fingerprint density at radius 3 is 2.47 bits per heavy atom. The van der Waals surface area contributed by atoms with Crippen molar-refractivity contribution < 1.29 is 12.8 Å². The Morgan fingerprint density at radius 2 is 1.94 bits per heavy atom. The van der Waals surface area contributed by atoms with Gasteiger partial charge in [-0.2, -0.15) is 0 Å². The van der Waals surface area contributed by atoms with Crippen molar-refractivity contribution in [3.05, 3.63) is 30.1 Å². The topological polar surface area (TPSA) is 46.2 Å². The lowest BCUT2D eigenvalue weighted by molar-refractivity contribution is 0.576. The summed E-state index contributed by atoms with van der Waals surface area (Å²) in [5.74, 6) is -0.462. The molecule has 0 aliphatic rings. The van der Waals surface area contributed by atoms with Crippen molar-refractivity contribution in [1.82, 2.24) is 4.72 Å². The maximum atomic E-state index is 12.6. The van der Waals surface area contributed by atoms with Crippen LogP contribution < -0.4 is 4.72 Å². The van der Waals surface area contributed by atoms with Gasteiger partial charge in [0.05, 0.1) is 4.90 Å². The van der Waals surface area contributed by atoms with Gasteiger partial charge in [-0.25, -0.2) is 17.5 Å². The van der Waals surface area contributed by atoms with Crippen molar-refractivity contribution in [3.8, 4) is 0 Å². The Morgan fingerprint density at radius 1 is 1.35 bits per heavy atom. The predicted molar refractivity (Wildman–Crippen MR) is 66.1 cm³/mol. The SMILES string of the molecule is CCC(Cl)CCNS(=O)(=O)c1ccc(F)cc1. The third-order valence-electron chi connectivity index (χ3n) is 2.32. The van der Waals surface area contributed by atoms with Gasteiger partial charge in [0.1, 0.15) is 5.82 Å². The molecule has 0 saturated heterocycles. The number of hydrogen-bond acceptors (Lipinski definition) is 2. The summed E-state index contributed by atoms with van der Waals surface area (Å²) in [7, 11) is -3.56. The normalized spacial score (nSPS) is 13.6. The van der Waals surface area contributed by atoms with E-state index < -0.39 is 15.8 Å². The summed E-state index contributed by atoms with van der Waals surface area (Å²) in [5.41, 5.74) is 0. The van der Waals surface area contributed by atoms with Crippen molar-refractivity contribution in [1.29, 1.82) is 0 Å². The van der Waals surface area contributed by atoms with Crippen LogP contribution in [0.3, 0.4) is 0 Å². The predicted octanol–water partition coefficient (Wildman–Crippen LogP) is 2.51. The van der Waals surface area contributed by atoms with Crippen LogP contribution in [0, 0.1) is 5.82 Å². The highest BCUT2D eigenvalue weighted by atomic mass is 35.5. The number of sulfonamides is 1. The number of rotatable bonds is 6. The molecule has 0 heterocycles. The Labute approximate surface area is 106 Å². The molecule has 6 heteroatoms. The number of halogens is 2. The van der Waals surface area contributed by atoms with Gasteiger partial charge in [0.15, 0.2) is 0 Å². The van der Waals surface area contributed by atoms with Crippen molar-refractivity contribution in [3.63, 3.8) is 0 Å². The average molecular weight is 280 g/mol. The molecule has 0 aliphatic carbocycles. The van der Waals surface area contributed by atoms with Crippen LogP contribution in [0.25, 0.3) is 0 Å². The van der Waals surface area contributed by atoms with Crippen molar-refractivity contribution >= 4 is 21.6 Å². The van der Waals surface area contributed by atoms with E-state index in [1.165, 1.54) is 12.1 Å². The fourth-order valence-electron chi connectivity index (χ4n) is 1.25. The first-order chi connectivity index (χ1) is 7.95. The van der Waals surface area contributed by atoms with Crippen molar-refractivity contribution in [2.24, 2.45) is 0 Å². The minimum atomic E-state index is -3.56. The first kappa shape index (κ1) is 14.4. The third-order valence-corrected chi connectivity index (χ3v) is 4.32. The molecule has 1 aromatic rings. The first-order valence-corrected chi connectivity index (χ1v) is 7.27. The number of alkyl halides is 1. The van der Waals surface area contributed by atoms with E-state index in [2.05, 4.69) is 4.72 Å². The summed E-state index contributed by atoms with van der Waals surface area (Å²) in [5, 5.41) is -0.0362. The summed E-state index contributed by atoms with van der Waals surface area (Å²) in [6.45, 7) is 2.22. The van der Waals surface area contributed by atoms with Gasteiger partial charge in [-0.3, -0.25) is 0 Å². The van der Waals surface area contributed by atoms with Crippen LogP contribution in [0.4, 0.5) is 4.39 Å². The van der Waals surface area contributed by atoms with Crippen molar-refractivity contribution in [2.45, 2.75) is 30.0 Å². The smallest absolute Gasteiger partial charge is 0.211 e. The quantitative estimate of drug-likeness (QED) is 0.814. The van der Waals surface area contributed by atoms with Crippen LogP contribution in [0.5, 0.6) is 0 Å². The lowest BCUT2D eigenvalue weighted by atomic mass is 10.2. The first-order valence-electron chi connectivity index (χ1n) is 5.35. The molecule has 0 amide bonds. The molecule has 1 aromatic carbocycles. The van der Waals surface area contributed by atoms with Gasteiger partial charge in [-0.15, -0.1) is 11.6 Å². The van der Waals surface area contributed by atoms with E-state index in [0.717, 1.165) is 18.6 Å². The monoisotopic (exact) mass is 279 g/mol. The molecule has 1 N–H and O–H groups in total. The second-order valence-electron chi connectivity index (χ2n) is 3.65. The molecule has 1 unspecified atom stereocenters. The maximum absolute atomic E-state index is 12.6. The molecular weight excluding hydrogens is 265 g/mol. The Kier molecular flexibility index (Phi) is 5.36. The Balaban J connectivity index is 2.60. The zero-order valence-electron chi connectivity index (χ0n) is 9.49. The van der Waals surface area contributed by atoms with Crippen LogP contribution in [-0.2, 0) is 10.0 Å². The molecule has 96 valence electrons. The Hall–Kier alpha value is -0.650. The van der Waals surface area contributed by atoms with E-state index in [9.17, 15) is 12.8 Å². The average Bonchev–Trinajstić information content (AvgIpc) is 2.29. The third kappa shape index (κ3) is 4.61. The molecule has 0 spiro atoms. The molecule has 0 aromatic heterocycles. The summed E-state index contributed by atoms with van der Waals surface area (Å²) in [6, 6.07) is 4.70. The van der Waals surface area contributed by atoms with Gasteiger partial charge >= 0.3 is 0 Å². The van der Waals surface area contributed by atoms with E-state index in [1.807, 2.05) is 6.92 Å². The van der Waals surface area contributed by atoms with Crippen molar-refractivity contribution in [2.75, 3.05) is 6.54 Å². The number of benzene rings is 1. The minimum absolute atomic E-state index is 0.0362. The minimum Gasteiger partial charge on any atom is -0.211 e. The van der Waals surface area contributed by atoms with E-state index in [-0.39, 0.29) is 16.8 Å². The molecule has 0 radical (unpaired) electrons. The van der Waals surface area contributed by atoms with Gasteiger partial charge in [0, 0.05) is 11.9 Å². The fraction of sp³-hybridized carbons (Fsp3) is 0.455. The van der Waals surface area contributed by atoms with Gasteiger partial charge in [-0.1, -0.05) is 6.92 Å². The molecule has 1 atom stereocenters. The van der Waals surface area contributed by atoms with E-state index in [1.54, 1.807) is 0 Å². The van der Waals surface area contributed by atoms with E-state index >= 15 is 0 Å². The maximum Gasteiger partial charge on any atom is 0.240 e. The van der Waals surface area contributed by atoms with E-state index in [0.29, 0.717) is 6.42 Å². The van der Waals surface area contributed by atoms with Crippen LogP contribution in [0.2, 0.25) is 0 Å². The molecule has 0 fully saturated rings. The molecular formula is C11H15ClFNO2S. The lowest BCUT2D eigenvalue weighted by Gasteiger charge is -2.08. The number of nitrogens with one attached hydrogen (secondary N) is 1.